The second-order valence-electron chi connectivity index (χ2n) is 5.71. The number of alkyl halides is 1. The number of hydrogen-bond donors (Lipinski definition) is 2. The lowest BCUT2D eigenvalue weighted by atomic mass is 9.90. The van der Waals surface area contributed by atoms with Crippen LogP contribution in [0.15, 0.2) is 48.5 Å². The van der Waals surface area contributed by atoms with Crippen LogP contribution in [0.5, 0.6) is 0 Å². The summed E-state index contributed by atoms with van der Waals surface area (Å²) in [5.74, 6) is 0.0842. The van der Waals surface area contributed by atoms with E-state index in [-0.39, 0.29) is 18.5 Å². The van der Waals surface area contributed by atoms with Gasteiger partial charge < -0.3 is 10.6 Å². The molecule has 0 aromatic heterocycles. The van der Waals surface area contributed by atoms with E-state index in [1.807, 2.05) is 36.4 Å². The van der Waals surface area contributed by atoms with Gasteiger partial charge in [0.25, 0.3) is 0 Å². The summed E-state index contributed by atoms with van der Waals surface area (Å²) in [6.45, 7) is 1.97. The molecule has 2 N–H and O–H groups in total. The molecule has 0 spiro atoms. The molecule has 2 aromatic carbocycles. The van der Waals surface area contributed by atoms with Crippen molar-refractivity contribution >= 4 is 17.6 Å². The molecule has 0 saturated heterocycles. The molecule has 3 nitrogen and oxygen atoms in total. The molecule has 0 radical (unpaired) electrons. The Balaban J connectivity index is 2.12. The quantitative estimate of drug-likeness (QED) is 0.772. The van der Waals surface area contributed by atoms with Gasteiger partial charge in [-0.2, -0.15) is 0 Å². The molecule has 0 saturated carbocycles. The van der Waals surface area contributed by atoms with E-state index >= 15 is 0 Å². The first-order valence-corrected chi connectivity index (χ1v) is 8.35. The van der Waals surface area contributed by atoms with Crippen LogP contribution >= 0.6 is 11.6 Å². The van der Waals surface area contributed by atoms with Crippen LogP contribution < -0.4 is 10.6 Å². The van der Waals surface area contributed by atoms with E-state index in [9.17, 15) is 9.18 Å². The first-order valence-electron chi connectivity index (χ1n) is 7.97. The van der Waals surface area contributed by atoms with E-state index in [2.05, 4.69) is 29.7 Å². The van der Waals surface area contributed by atoms with Gasteiger partial charge in [-0.25, -0.2) is 9.18 Å². The molecule has 1 atom stereocenters. The van der Waals surface area contributed by atoms with Crippen LogP contribution in [0, 0.1) is 6.92 Å². The monoisotopic (exact) mass is 348 g/mol. The van der Waals surface area contributed by atoms with Crippen molar-refractivity contribution in [1.82, 2.24) is 10.6 Å². The van der Waals surface area contributed by atoms with E-state index in [4.69, 9.17) is 11.6 Å². The highest BCUT2D eigenvalue weighted by Crippen LogP contribution is 2.24. The summed E-state index contributed by atoms with van der Waals surface area (Å²) in [6, 6.07) is 15.5. The van der Waals surface area contributed by atoms with Crippen molar-refractivity contribution in [2.24, 2.45) is 0 Å². The number of urea groups is 1. The topological polar surface area (TPSA) is 41.1 Å². The third-order valence-corrected chi connectivity index (χ3v) is 4.17. The van der Waals surface area contributed by atoms with Gasteiger partial charge in [0.2, 0.25) is 0 Å². The summed E-state index contributed by atoms with van der Waals surface area (Å²) in [5.41, 5.74) is 3.51. The van der Waals surface area contributed by atoms with Crippen molar-refractivity contribution in [2.45, 2.75) is 19.3 Å². The van der Waals surface area contributed by atoms with Crippen LogP contribution in [0.2, 0.25) is 5.02 Å². The Morgan fingerprint density at radius 1 is 1.17 bits per heavy atom. The highest BCUT2D eigenvalue weighted by Gasteiger charge is 2.15. The first-order chi connectivity index (χ1) is 11.6. The Kier molecular flexibility index (Phi) is 7.07. The maximum Gasteiger partial charge on any atom is 0.314 e. The molecule has 0 aliphatic rings. The Labute approximate surface area is 147 Å². The number of nitrogens with one attached hydrogen (secondary N) is 2. The summed E-state index contributed by atoms with van der Waals surface area (Å²) >= 11 is 6.11. The van der Waals surface area contributed by atoms with Crippen molar-refractivity contribution in [2.75, 3.05) is 19.8 Å². The van der Waals surface area contributed by atoms with E-state index in [0.29, 0.717) is 11.6 Å². The zero-order chi connectivity index (χ0) is 17.4. The molecule has 5 heteroatoms. The molecule has 0 fully saturated rings. The van der Waals surface area contributed by atoms with Crippen molar-refractivity contribution in [3.8, 4) is 0 Å². The van der Waals surface area contributed by atoms with Gasteiger partial charge in [-0.1, -0.05) is 48.0 Å². The minimum atomic E-state index is -0.575. The van der Waals surface area contributed by atoms with E-state index < -0.39 is 6.67 Å². The molecule has 2 aromatic rings. The number of carbonyl (C=O) groups excluding carboxylic acids is 1. The van der Waals surface area contributed by atoms with Gasteiger partial charge in [0.05, 0.1) is 0 Å². The second-order valence-corrected chi connectivity index (χ2v) is 6.14. The minimum absolute atomic E-state index is 0.0193. The summed E-state index contributed by atoms with van der Waals surface area (Å²) in [5, 5.41) is 5.96. The standard InChI is InChI=1S/C19H22ClFN2O/c1-14-5-2-3-6-15(14)11-17(13-23-19(24)22-10-9-21)16-7-4-8-18(20)12-16/h2-8,12,17H,9-11,13H2,1H3,(H2,22,23,24). The fourth-order valence-corrected chi connectivity index (χ4v) is 2.81. The van der Waals surface area contributed by atoms with Crippen molar-refractivity contribution < 1.29 is 9.18 Å². The smallest absolute Gasteiger partial charge is 0.314 e. The number of aryl methyl sites for hydroxylation is 1. The molecule has 128 valence electrons. The molecular formula is C19H22ClFN2O. The molecule has 24 heavy (non-hydrogen) atoms. The number of halogens is 2. The highest BCUT2D eigenvalue weighted by molar-refractivity contribution is 6.30. The summed E-state index contributed by atoms with van der Waals surface area (Å²) in [7, 11) is 0. The molecule has 2 amide bonds. The molecule has 0 aliphatic carbocycles. The zero-order valence-electron chi connectivity index (χ0n) is 13.7. The van der Waals surface area contributed by atoms with Crippen LogP contribution in [0.3, 0.4) is 0 Å². The summed E-state index contributed by atoms with van der Waals surface area (Å²) in [4.78, 5) is 11.7. The van der Waals surface area contributed by atoms with Crippen LogP contribution in [0.25, 0.3) is 0 Å². The highest BCUT2D eigenvalue weighted by atomic mass is 35.5. The van der Waals surface area contributed by atoms with E-state index in [1.54, 1.807) is 0 Å². The molecular weight excluding hydrogens is 327 g/mol. The molecule has 0 bridgehead atoms. The maximum absolute atomic E-state index is 12.1. The van der Waals surface area contributed by atoms with Crippen molar-refractivity contribution in [1.29, 1.82) is 0 Å². The lowest BCUT2D eigenvalue weighted by Gasteiger charge is -2.20. The van der Waals surface area contributed by atoms with Crippen LogP contribution in [-0.4, -0.2) is 25.8 Å². The third-order valence-electron chi connectivity index (χ3n) is 3.94. The van der Waals surface area contributed by atoms with Gasteiger partial charge in [0.1, 0.15) is 6.67 Å². The van der Waals surface area contributed by atoms with Crippen LogP contribution in [0.1, 0.15) is 22.6 Å². The average Bonchev–Trinajstić information content (AvgIpc) is 2.58. The number of hydrogen-bond acceptors (Lipinski definition) is 1. The first kappa shape index (κ1) is 18.3. The largest absolute Gasteiger partial charge is 0.338 e. The molecule has 1 unspecified atom stereocenters. The number of carbonyl (C=O) groups is 1. The van der Waals surface area contributed by atoms with Crippen LogP contribution in [-0.2, 0) is 6.42 Å². The lowest BCUT2D eigenvalue weighted by Crippen LogP contribution is -2.39. The Bertz CT molecular complexity index is 678. The van der Waals surface area contributed by atoms with Gasteiger partial charge in [-0.3, -0.25) is 0 Å². The number of rotatable bonds is 7. The summed E-state index contributed by atoms with van der Waals surface area (Å²) < 4.78 is 12.1. The Morgan fingerprint density at radius 2 is 1.96 bits per heavy atom. The minimum Gasteiger partial charge on any atom is -0.338 e. The van der Waals surface area contributed by atoms with Crippen molar-refractivity contribution in [3.63, 3.8) is 0 Å². The van der Waals surface area contributed by atoms with Gasteiger partial charge in [-0.05, 0) is 42.2 Å². The van der Waals surface area contributed by atoms with Gasteiger partial charge in [0.15, 0.2) is 0 Å². The Morgan fingerprint density at radius 3 is 2.67 bits per heavy atom. The number of benzene rings is 2. The fourth-order valence-electron chi connectivity index (χ4n) is 2.61. The van der Waals surface area contributed by atoms with Crippen molar-refractivity contribution in [3.05, 3.63) is 70.2 Å². The average molecular weight is 349 g/mol. The molecule has 0 heterocycles. The van der Waals surface area contributed by atoms with Gasteiger partial charge >= 0.3 is 6.03 Å². The van der Waals surface area contributed by atoms with E-state index in [1.165, 1.54) is 11.1 Å². The zero-order valence-corrected chi connectivity index (χ0v) is 14.4. The molecule has 2 rings (SSSR count). The normalized spacial score (nSPS) is 11.8. The van der Waals surface area contributed by atoms with Gasteiger partial charge in [-0.15, -0.1) is 0 Å². The Hall–Kier alpha value is -2.07. The molecule has 0 aliphatic heterocycles. The van der Waals surface area contributed by atoms with Crippen LogP contribution in [0.4, 0.5) is 9.18 Å². The third kappa shape index (κ3) is 5.53. The lowest BCUT2D eigenvalue weighted by molar-refractivity contribution is 0.239. The fraction of sp³-hybridized carbons (Fsp3) is 0.316. The summed E-state index contributed by atoms with van der Waals surface area (Å²) in [6.07, 6.45) is 0.788. The SMILES string of the molecule is Cc1ccccc1CC(CNC(=O)NCCF)c1cccc(Cl)c1. The predicted molar refractivity (Wildman–Crippen MR) is 96.5 cm³/mol. The number of amides is 2. The second kappa shape index (κ2) is 9.28. The maximum atomic E-state index is 12.1. The predicted octanol–water partition coefficient (Wildman–Crippen LogP) is 4.24. The van der Waals surface area contributed by atoms with E-state index in [0.717, 1.165) is 12.0 Å². The van der Waals surface area contributed by atoms with Gasteiger partial charge in [0, 0.05) is 24.0 Å².